The molecule has 3 saturated heterocycles. The number of nitrogens with zero attached hydrogens (tertiary/aromatic N) is 4. The average molecular weight is 787 g/mol. The largest absolute Gasteiger partial charge is 0.496 e. The molecule has 9 rings (SSSR count). The summed E-state index contributed by atoms with van der Waals surface area (Å²) < 4.78 is 19.4. The minimum absolute atomic E-state index is 0.00363. The van der Waals surface area contributed by atoms with E-state index in [-0.39, 0.29) is 22.8 Å². The highest BCUT2D eigenvalue weighted by Crippen LogP contribution is 2.49. The molecule has 0 bridgehead atoms. The highest BCUT2D eigenvalue weighted by Gasteiger charge is 2.48. The topological polar surface area (TPSA) is 74.8 Å². The summed E-state index contributed by atoms with van der Waals surface area (Å²) in [5, 5.41) is 0. The van der Waals surface area contributed by atoms with Crippen LogP contribution in [0.4, 0.5) is 11.4 Å². The van der Waals surface area contributed by atoms with Gasteiger partial charge in [0.15, 0.2) is 5.78 Å². The van der Waals surface area contributed by atoms with Crippen molar-refractivity contribution in [1.29, 1.82) is 0 Å². The van der Waals surface area contributed by atoms with Gasteiger partial charge in [-0.05, 0) is 113 Å². The Morgan fingerprint density at radius 2 is 1.81 bits per heavy atom. The van der Waals surface area contributed by atoms with E-state index in [0.29, 0.717) is 36.5 Å². The van der Waals surface area contributed by atoms with Crippen molar-refractivity contribution in [2.75, 3.05) is 69.4 Å². The number of carbonyl (C=O) groups is 2. The van der Waals surface area contributed by atoms with Crippen LogP contribution in [0.3, 0.4) is 0 Å². The van der Waals surface area contributed by atoms with Gasteiger partial charge >= 0.3 is 0 Å². The van der Waals surface area contributed by atoms with Crippen molar-refractivity contribution in [3.63, 3.8) is 0 Å². The molecular weight excluding hydrogens is 725 g/mol. The number of ketones is 1. The Balaban J connectivity index is 0.818. The van der Waals surface area contributed by atoms with Crippen molar-refractivity contribution in [3.8, 4) is 11.5 Å². The molecule has 9 heteroatoms. The van der Waals surface area contributed by atoms with Crippen molar-refractivity contribution in [2.45, 2.75) is 103 Å². The first kappa shape index (κ1) is 39.1. The zero-order valence-corrected chi connectivity index (χ0v) is 35.7. The van der Waals surface area contributed by atoms with Crippen LogP contribution < -0.4 is 19.3 Å². The molecule has 3 aromatic carbocycles. The van der Waals surface area contributed by atoms with Crippen LogP contribution in [-0.4, -0.2) is 98.3 Å². The van der Waals surface area contributed by atoms with Crippen LogP contribution in [0.2, 0.25) is 0 Å². The number of piperidine rings is 1. The van der Waals surface area contributed by atoms with E-state index in [2.05, 4.69) is 90.9 Å². The monoisotopic (exact) mass is 786 g/mol. The molecule has 0 aromatic heterocycles. The molecule has 5 atom stereocenters. The van der Waals surface area contributed by atoms with E-state index in [9.17, 15) is 9.59 Å². The molecule has 0 radical (unpaired) electrons. The third kappa shape index (κ3) is 6.80. The first-order chi connectivity index (χ1) is 27.9. The number of amides is 1. The fraction of sp³-hybridized carbons (Fsp3) is 0.551. The minimum Gasteiger partial charge on any atom is -0.496 e. The smallest absolute Gasteiger partial charge is 0.255 e. The maximum absolute atomic E-state index is 13.2. The van der Waals surface area contributed by atoms with Gasteiger partial charge in [0, 0.05) is 73.6 Å². The lowest BCUT2D eigenvalue weighted by Gasteiger charge is -2.53. The Hall–Kier alpha value is -4.34. The summed E-state index contributed by atoms with van der Waals surface area (Å²) in [6.45, 7) is 20.3. The number of hydrogen-bond donors (Lipinski definition) is 0. The van der Waals surface area contributed by atoms with Gasteiger partial charge in [0.05, 0.1) is 43.1 Å². The number of aryl methyl sites for hydroxylation is 1. The Labute approximate surface area is 345 Å². The molecule has 58 heavy (non-hydrogen) atoms. The van der Waals surface area contributed by atoms with Gasteiger partial charge in [-0.2, -0.15) is 0 Å². The number of carbonyl (C=O) groups excluding carboxylic acids is 2. The number of benzene rings is 3. The number of fused-ring (bicyclic) bond motifs is 5. The van der Waals surface area contributed by atoms with Gasteiger partial charge in [0.2, 0.25) is 0 Å². The van der Waals surface area contributed by atoms with E-state index in [1.165, 1.54) is 33.5 Å². The predicted molar refractivity (Wildman–Crippen MR) is 230 cm³/mol. The average Bonchev–Trinajstić information content (AvgIpc) is 3.77. The standard InChI is InChI=1S/C49H62N4O5/c1-31-22-41(38-11-9-8-10-32(38)2)33(3)42(23-31)39-13-12-37(24-45(39)56-7)51-18-16-49(17-19-51)25-36(28-58-49)26-50-20-21-53-44-15-14-40-43(46(44)57-30-48(53,6)29-50)27-52(47(40)55)34(4)35(5)54/h8-15,24,31,34,36,42H,16-23,25-30H2,1-7H3/t31-,34?,36?,42?,48-/m1/s1. The van der Waals surface area contributed by atoms with Crippen LogP contribution in [-0.2, 0) is 16.1 Å². The van der Waals surface area contributed by atoms with Crippen molar-refractivity contribution in [2.24, 2.45) is 11.8 Å². The fourth-order valence-corrected chi connectivity index (χ4v) is 11.5. The van der Waals surface area contributed by atoms with Crippen LogP contribution >= 0.6 is 0 Å². The van der Waals surface area contributed by atoms with Gasteiger partial charge in [0.25, 0.3) is 5.91 Å². The quantitative estimate of drug-likeness (QED) is 0.226. The molecule has 3 unspecified atom stereocenters. The van der Waals surface area contributed by atoms with Gasteiger partial charge in [0.1, 0.15) is 18.1 Å². The number of rotatable bonds is 8. The highest BCUT2D eigenvalue weighted by molar-refractivity contribution is 6.02. The summed E-state index contributed by atoms with van der Waals surface area (Å²) in [7, 11) is 1.83. The zero-order chi connectivity index (χ0) is 40.5. The highest BCUT2D eigenvalue weighted by atomic mass is 16.5. The van der Waals surface area contributed by atoms with Gasteiger partial charge < -0.3 is 28.9 Å². The molecule has 1 aliphatic carbocycles. The summed E-state index contributed by atoms with van der Waals surface area (Å²) in [5.41, 5.74) is 10.7. The minimum atomic E-state index is -0.447. The van der Waals surface area contributed by atoms with Crippen LogP contribution in [0.5, 0.6) is 11.5 Å². The third-order valence-electron chi connectivity index (χ3n) is 14.9. The second-order valence-electron chi connectivity index (χ2n) is 18.9. The number of ether oxygens (including phenoxy) is 3. The van der Waals surface area contributed by atoms with Crippen LogP contribution in [0.15, 0.2) is 60.2 Å². The molecular formula is C49H62N4O5. The number of piperazine rings is 1. The van der Waals surface area contributed by atoms with E-state index in [4.69, 9.17) is 14.2 Å². The second kappa shape index (κ2) is 15.0. The fourth-order valence-electron chi connectivity index (χ4n) is 11.5. The Morgan fingerprint density at radius 3 is 2.57 bits per heavy atom. The lowest BCUT2D eigenvalue weighted by molar-refractivity contribution is -0.120. The molecule has 3 fully saturated rings. The van der Waals surface area contributed by atoms with Gasteiger partial charge in [-0.3, -0.25) is 14.5 Å². The van der Waals surface area contributed by atoms with Gasteiger partial charge in [-0.1, -0.05) is 42.8 Å². The first-order valence-electron chi connectivity index (χ1n) is 21.8. The molecule has 1 amide bonds. The number of Topliss-reactive ketones (excluding diaryl/α,β-unsaturated/α-hetero) is 1. The number of hydrogen-bond acceptors (Lipinski definition) is 8. The molecule has 3 aromatic rings. The number of anilines is 2. The first-order valence-corrected chi connectivity index (χ1v) is 21.8. The zero-order valence-electron chi connectivity index (χ0n) is 35.7. The second-order valence-corrected chi connectivity index (χ2v) is 18.9. The SMILES string of the molecule is COc1cc(N2CCC3(CC2)CC(CN2CCN4c5ccc6c(c5OC[C@@]4(C)C2)CN(C(C)C(C)=O)C6=O)CO3)ccc1C1C[C@H](C)CC(c2ccccc2C)=C1C. The molecule has 0 saturated carbocycles. The van der Waals surface area contributed by atoms with E-state index in [1.807, 2.05) is 20.1 Å². The summed E-state index contributed by atoms with van der Waals surface area (Å²) in [4.78, 5) is 34.7. The maximum atomic E-state index is 13.2. The normalized spacial score (nSPS) is 27.3. The molecule has 308 valence electrons. The molecule has 6 aliphatic rings. The van der Waals surface area contributed by atoms with Gasteiger partial charge in [-0.25, -0.2) is 0 Å². The van der Waals surface area contributed by atoms with Crippen molar-refractivity contribution in [3.05, 3.63) is 88.0 Å². The molecule has 5 aliphatic heterocycles. The van der Waals surface area contributed by atoms with Crippen molar-refractivity contribution >= 4 is 28.6 Å². The summed E-state index contributed by atoms with van der Waals surface area (Å²) in [6.07, 6.45) is 5.47. The third-order valence-corrected chi connectivity index (χ3v) is 14.9. The number of allylic oxidation sites excluding steroid dienone is 2. The summed E-state index contributed by atoms with van der Waals surface area (Å²) >= 11 is 0. The van der Waals surface area contributed by atoms with E-state index < -0.39 is 6.04 Å². The molecule has 5 heterocycles. The molecule has 9 nitrogen and oxygen atoms in total. The Bertz CT molecular complexity index is 2140. The van der Waals surface area contributed by atoms with Crippen LogP contribution in [0.1, 0.15) is 105 Å². The van der Waals surface area contributed by atoms with E-state index in [1.54, 1.807) is 11.8 Å². The van der Waals surface area contributed by atoms with E-state index in [0.717, 1.165) is 101 Å². The lowest BCUT2D eigenvalue weighted by Crippen LogP contribution is -2.65. The molecule has 0 N–H and O–H groups in total. The predicted octanol–water partition coefficient (Wildman–Crippen LogP) is 8.27. The van der Waals surface area contributed by atoms with Gasteiger partial charge in [-0.15, -0.1) is 0 Å². The maximum Gasteiger partial charge on any atom is 0.255 e. The van der Waals surface area contributed by atoms with Crippen molar-refractivity contribution < 1.29 is 23.8 Å². The van der Waals surface area contributed by atoms with Crippen molar-refractivity contribution in [1.82, 2.24) is 9.80 Å². The summed E-state index contributed by atoms with van der Waals surface area (Å²) in [6, 6.07) is 19.4. The van der Waals surface area contributed by atoms with E-state index >= 15 is 0 Å². The van der Waals surface area contributed by atoms with Crippen LogP contribution in [0.25, 0.3) is 5.57 Å². The Morgan fingerprint density at radius 1 is 1.02 bits per heavy atom. The summed E-state index contributed by atoms with van der Waals surface area (Å²) in [5.74, 6) is 3.22. The van der Waals surface area contributed by atoms with Crippen LogP contribution in [0, 0.1) is 18.8 Å². The lowest BCUT2D eigenvalue weighted by atomic mass is 9.72. The number of methoxy groups -OCH3 is 1. The molecule has 1 spiro atoms. The Kier molecular flexibility index (Phi) is 10.2.